The van der Waals surface area contributed by atoms with E-state index in [2.05, 4.69) is 56.6 Å². The fraction of sp³-hybridized carbons (Fsp3) is 0.375. The smallest absolute Gasteiger partial charge is 0.119 e. The third-order valence-corrected chi connectivity index (χ3v) is 5.14. The zero-order chi connectivity index (χ0) is 15.2. The number of hydrogen-bond donors (Lipinski definition) is 1. The molecule has 114 valence electrons. The molecule has 0 bridgehead atoms. The lowest BCUT2D eigenvalue weighted by molar-refractivity contribution is 0.261. The number of ether oxygens (including phenoxy) is 1. The van der Waals surface area contributed by atoms with Crippen molar-refractivity contribution in [2.24, 2.45) is 0 Å². The van der Waals surface area contributed by atoms with Crippen molar-refractivity contribution in [2.75, 3.05) is 32.6 Å². The molecule has 0 saturated carbocycles. The average Bonchev–Trinajstić information content (AvgIpc) is 2.87. The molecule has 0 aliphatic heterocycles. The van der Waals surface area contributed by atoms with Gasteiger partial charge in [-0.05, 0) is 72.7 Å². The van der Waals surface area contributed by atoms with Crippen molar-refractivity contribution < 1.29 is 4.74 Å². The molecule has 1 atom stereocenters. The Morgan fingerprint density at radius 3 is 2.52 bits per heavy atom. The van der Waals surface area contributed by atoms with Gasteiger partial charge in [-0.15, -0.1) is 11.3 Å². The molecule has 0 aliphatic rings. The maximum absolute atomic E-state index is 5.69. The maximum atomic E-state index is 5.69. The Kier molecular flexibility index (Phi) is 6.08. The number of hydrogen-bond acceptors (Lipinski definition) is 4. The van der Waals surface area contributed by atoms with Crippen LogP contribution >= 0.6 is 27.3 Å². The van der Waals surface area contributed by atoms with Crippen LogP contribution in [0.4, 0.5) is 5.69 Å². The summed E-state index contributed by atoms with van der Waals surface area (Å²) in [6.45, 7) is 3.79. The average molecular weight is 369 g/mol. The molecule has 2 rings (SSSR count). The first-order chi connectivity index (χ1) is 10.1. The molecule has 1 heterocycles. The molecule has 0 amide bonds. The van der Waals surface area contributed by atoms with Gasteiger partial charge in [0.15, 0.2) is 0 Å². The molecule has 0 aliphatic carbocycles. The third kappa shape index (κ3) is 5.02. The molecular formula is C16H21BrN2OS. The van der Waals surface area contributed by atoms with E-state index in [4.69, 9.17) is 4.74 Å². The largest absolute Gasteiger partial charge is 0.492 e. The van der Waals surface area contributed by atoms with E-state index in [1.807, 2.05) is 26.2 Å². The maximum Gasteiger partial charge on any atom is 0.119 e. The van der Waals surface area contributed by atoms with Gasteiger partial charge in [-0.1, -0.05) is 0 Å². The molecule has 0 fully saturated rings. The Morgan fingerprint density at radius 2 is 1.95 bits per heavy atom. The van der Waals surface area contributed by atoms with Gasteiger partial charge in [0.05, 0.1) is 6.04 Å². The van der Waals surface area contributed by atoms with Crippen LogP contribution in [0.2, 0.25) is 0 Å². The first-order valence-corrected chi connectivity index (χ1v) is 8.60. The number of thiophene rings is 1. The summed E-state index contributed by atoms with van der Waals surface area (Å²) in [4.78, 5) is 3.41. The highest BCUT2D eigenvalue weighted by Gasteiger charge is 2.10. The number of nitrogens with zero attached hydrogens (tertiary/aromatic N) is 1. The summed E-state index contributed by atoms with van der Waals surface area (Å²) >= 11 is 5.33. The van der Waals surface area contributed by atoms with Crippen molar-refractivity contribution in [3.05, 3.63) is 45.1 Å². The van der Waals surface area contributed by atoms with Crippen LogP contribution in [0.5, 0.6) is 5.75 Å². The highest BCUT2D eigenvalue weighted by atomic mass is 79.9. The van der Waals surface area contributed by atoms with Gasteiger partial charge < -0.3 is 15.0 Å². The van der Waals surface area contributed by atoms with Crippen molar-refractivity contribution in [1.29, 1.82) is 0 Å². The van der Waals surface area contributed by atoms with Gasteiger partial charge in [0.25, 0.3) is 0 Å². The van der Waals surface area contributed by atoms with Gasteiger partial charge in [-0.2, -0.15) is 0 Å². The minimum absolute atomic E-state index is 0.278. The van der Waals surface area contributed by atoms with Crippen LogP contribution in [-0.2, 0) is 0 Å². The standard InChI is InChI=1S/C16H21BrN2OS/c1-12(16-15(17)8-11-21-16)18-13-4-6-14(7-5-13)20-10-9-19(2)3/h4-8,11-12,18H,9-10H2,1-3H3. The molecule has 21 heavy (non-hydrogen) atoms. The first kappa shape index (κ1) is 16.3. The van der Waals surface area contributed by atoms with E-state index in [1.165, 1.54) is 4.88 Å². The van der Waals surface area contributed by atoms with E-state index < -0.39 is 0 Å². The second-order valence-corrected chi connectivity index (χ2v) is 6.98. The Morgan fingerprint density at radius 1 is 1.24 bits per heavy atom. The number of likely N-dealkylation sites (N-methyl/N-ethyl adjacent to an activating group) is 1. The predicted molar refractivity (Wildman–Crippen MR) is 94.5 cm³/mol. The number of halogens is 1. The number of benzene rings is 1. The lowest BCUT2D eigenvalue weighted by Gasteiger charge is -2.15. The van der Waals surface area contributed by atoms with Crippen molar-refractivity contribution >= 4 is 33.0 Å². The van der Waals surface area contributed by atoms with Gasteiger partial charge >= 0.3 is 0 Å². The van der Waals surface area contributed by atoms with Crippen LogP contribution in [0.1, 0.15) is 17.8 Å². The zero-order valence-corrected chi connectivity index (χ0v) is 15.0. The molecule has 0 spiro atoms. The molecule has 1 unspecified atom stereocenters. The summed E-state index contributed by atoms with van der Waals surface area (Å²) in [6.07, 6.45) is 0. The Bertz CT molecular complexity index is 554. The summed E-state index contributed by atoms with van der Waals surface area (Å²) in [5, 5.41) is 5.60. The van der Waals surface area contributed by atoms with Crippen LogP contribution in [0.15, 0.2) is 40.2 Å². The molecular weight excluding hydrogens is 348 g/mol. The van der Waals surface area contributed by atoms with E-state index in [1.54, 1.807) is 11.3 Å². The number of rotatable bonds is 7. The highest BCUT2D eigenvalue weighted by molar-refractivity contribution is 9.10. The highest BCUT2D eigenvalue weighted by Crippen LogP contribution is 2.31. The molecule has 3 nitrogen and oxygen atoms in total. The molecule has 2 aromatic rings. The minimum atomic E-state index is 0.278. The summed E-state index contributed by atoms with van der Waals surface area (Å²) in [6, 6.07) is 10.5. The lowest BCUT2D eigenvalue weighted by Crippen LogP contribution is -2.19. The van der Waals surface area contributed by atoms with Crippen molar-refractivity contribution in [3.63, 3.8) is 0 Å². The normalized spacial score (nSPS) is 12.4. The molecule has 1 N–H and O–H groups in total. The number of nitrogens with one attached hydrogen (secondary N) is 1. The second kappa shape index (κ2) is 7.82. The summed E-state index contributed by atoms with van der Waals surface area (Å²) in [5.41, 5.74) is 1.10. The van der Waals surface area contributed by atoms with Crippen molar-refractivity contribution in [1.82, 2.24) is 4.90 Å². The Labute approximate surface area is 139 Å². The summed E-state index contributed by atoms with van der Waals surface area (Å²) in [5.74, 6) is 0.910. The van der Waals surface area contributed by atoms with Gasteiger partial charge in [0.2, 0.25) is 0 Å². The monoisotopic (exact) mass is 368 g/mol. The fourth-order valence-corrected chi connectivity index (χ4v) is 3.65. The molecule has 0 radical (unpaired) electrons. The van der Waals surface area contributed by atoms with Gasteiger partial charge in [-0.25, -0.2) is 0 Å². The lowest BCUT2D eigenvalue weighted by atomic mass is 10.2. The Balaban J connectivity index is 1.89. The zero-order valence-electron chi connectivity index (χ0n) is 12.6. The van der Waals surface area contributed by atoms with Crippen LogP contribution in [0, 0.1) is 0 Å². The van der Waals surface area contributed by atoms with Crippen LogP contribution in [0.3, 0.4) is 0 Å². The first-order valence-electron chi connectivity index (χ1n) is 6.93. The van der Waals surface area contributed by atoms with E-state index in [0.717, 1.165) is 22.5 Å². The van der Waals surface area contributed by atoms with E-state index in [0.29, 0.717) is 6.61 Å². The molecule has 0 saturated heterocycles. The second-order valence-electron chi connectivity index (χ2n) is 5.17. The molecule has 5 heteroatoms. The SMILES string of the molecule is CC(Nc1ccc(OCCN(C)C)cc1)c1sccc1Br. The number of anilines is 1. The van der Waals surface area contributed by atoms with E-state index in [9.17, 15) is 0 Å². The van der Waals surface area contributed by atoms with Crippen molar-refractivity contribution in [2.45, 2.75) is 13.0 Å². The van der Waals surface area contributed by atoms with E-state index >= 15 is 0 Å². The summed E-state index contributed by atoms with van der Waals surface area (Å²) in [7, 11) is 4.08. The van der Waals surface area contributed by atoms with Crippen LogP contribution < -0.4 is 10.1 Å². The molecule has 1 aromatic heterocycles. The van der Waals surface area contributed by atoms with Gasteiger partial charge in [0, 0.05) is 21.6 Å². The van der Waals surface area contributed by atoms with Gasteiger partial charge in [-0.3, -0.25) is 0 Å². The quantitative estimate of drug-likeness (QED) is 0.771. The predicted octanol–water partition coefficient (Wildman–Crippen LogP) is 4.62. The van der Waals surface area contributed by atoms with E-state index in [-0.39, 0.29) is 6.04 Å². The summed E-state index contributed by atoms with van der Waals surface area (Å²) < 4.78 is 6.86. The van der Waals surface area contributed by atoms with Crippen LogP contribution in [-0.4, -0.2) is 32.1 Å². The van der Waals surface area contributed by atoms with Crippen LogP contribution in [0.25, 0.3) is 0 Å². The fourth-order valence-electron chi connectivity index (χ4n) is 1.92. The molecule has 1 aromatic carbocycles. The topological polar surface area (TPSA) is 24.5 Å². The minimum Gasteiger partial charge on any atom is -0.492 e. The Hall–Kier alpha value is -1.04. The van der Waals surface area contributed by atoms with Gasteiger partial charge in [0.1, 0.15) is 12.4 Å². The third-order valence-electron chi connectivity index (χ3n) is 3.08. The van der Waals surface area contributed by atoms with Crippen molar-refractivity contribution in [3.8, 4) is 5.75 Å².